The van der Waals surface area contributed by atoms with Crippen molar-refractivity contribution < 1.29 is 19.4 Å². The van der Waals surface area contributed by atoms with E-state index in [-0.39, 0.29) is 19.1 Å². The van der Waals surface area contributed by atoms with Crippen LogP contribution in [0.25, 0.3) is 0 Å². The number of nitrogens with one attached hydrogen (secondary N) is 1. The van der Waals surface area contributed by atoms with Gasteiger partial charge in [0.1, 0.15) is 5.54 Å². The lowest BCUT2D eigenvalue weighted by Gasteiger charge is -2.25. The fourth-order valence-corrected chi connectivity index (χ4v) is 0.906. The second kappa shape index (κ2) is 5.67. The highest BCUT2D eigenvalue weighted by molar-refractivity contribution is 5.81. The van der Waals surface area contributed by atoms with Gasteiger partial charge in [-0.1, -0.05) is 0 Å². The van der Waals surface area contributed by atoms with Crippen molar-refractivity contribution in [3.63, 3.8) is 0 Å². The molecule has 0 heterocycles. The molecule has 0 aliphatic carbocycles. The Bertz CT molecular complexity index is 242. The van der Waals surface area contributed by atoms with Crippen LogP contribution in [0.5, 0.6) is 0 Å². The molecule has 0 fully saturated rings. The largest absolute Gasteiger partial charge is 0.480 e. The first-order valence-corrected chi connectivity index (χ1v) is 4.51. The Labute approximate surface area is 89.2 Å². The van der Waals surface area contributed by atoms with E-state index in [0.29, 0.717) is 0 Å². The van der Waals surface area contributed by atoms with Crippen LogP contribution in [0.2, 0.25) is 0 Å². The van der Waals surface area contributed by atoms with E-state index in [1.54, 1.807) is 14.1 Å². The lowest BCUT2D eigenvalue weighted by atomic mass is 10.0. The summed E-state index contributed by atoms with van der Waals surface area (Å²) in [6, 6.07) is 0. The first-order valence-electron chi connectivity index (χ1n) is 4.51. The van der Waals surface area contributed by atoms with Crippen LogP contribution >= 0.6 is 0 Å². The lowest BCUT2D eigenvalue weighted by molar-refractivity contribution is -0.146. The molecule has 0 bridgehead atoms. The maximum atomic E-state index is 11.2. The van der Waals surface area contributed by atoms with Crippen LogP contribution in [0.3, 0.4) is 0 Å². The summed E-state index contributed by atoms with van der Waals surface area (Å²) in [4.78, 5) is 23.6. The number of methoxy groups -OCH3 is 1. The second-order valence-corrected chi connectivity index (χ2v) is 3.71. The molecule has 0 spiro atoms. The number of carboxylic acid groups (broad SMARTS) is 1. The highest BCUT2D eigenvalue weighted by atomic mass is 16.5. The van der Waals surface area contributed by atoms with Gasteiger partial charge in [0.05, 0.1) is 13.2 Å². The Morgan fingerprint density at radius 3 is 2.33 bits per heavy atom. The number of hydrogen-bond donors (Lipinski definition) is 2. The maximum absolute atomic E-state index is 11.2. The quantitative estimate of drug-likeness (QED) is 0.607. The number of nitrogens with zero attached hydrogens (tertiary/aromatic N) is 1. The maximum Gasteiger partial charge on any atom is 0.326 e. The van der Waals surface area contributed by atoms with E-state index in [2.05, 4.69) is 5.32 Å². The van der Waals surface area contributed by atoms with Crippen LogP contribution in [0.1, 0.15) is 6.92 Å². The van der Waals surface area contributed by atoms with Gasteiger partial charge in [-0.15, -0.1) is 0 Å². The van der Waals surface area contributed by atoms with Crippen LogP contribution in [0.15, 0.2) is 0 Å². The average molecular weight is 218 g/mol. The van der Waals surface area contributed by atoms with Crippen molar-refractivity contribution in [2.45, 2.75) is 12.5 Å². The summed E-state index contributed by atoms with van der Waals surface area (Å²) in [5.41, 5.74) is -1.24. The summed E-state index contributed by atoms with van der Waals surface area (Å²) in [5.74, 6) is -1.23. The standard InChI is InChI=1S/C9H18N2O4/c1-9(6-15-4,8(13)14)10-5-7(12)11(2)3/h10H,5-6H2,1-4H3,(H,13,14). The molecule has 0 aromatic heterocycles. The predicted octanol–water partition coefficient (Wildman–Crippen LogP) is -0.846. The number of likely N-dealkylation sites (N-methyl/N-ethyl adjacent to an activating group) is 1. The van der Waals surface area contributed by atoms with Gasteiger partial charge in [0, 0.05) is 21.2 Å². The zero-order valence-corrected chi connectivity index (χ0v) is 9.53. The van der Waals surface area contributed by atoms with Gasteiger partial charge in [-0.2, -0.15) is 0 Å². The first kappa shape index (κ1) is 13.9. The van der Waals surface area contributed by atoms with Gasteiger partial charge in [-0.3, -0.25) is 14.9 Å². The molecule has 1 unspecified atom stereocenters. The summed E-state index contributed by atoms with van der Waals surface area (Å²) < 4.78 is 4.79. The van der Waals surface area contributed by atoms with E-state index in [9.17, 15) is 9.59 Å². The SMILES string of the molecule is COCC(C)(NCC(=O)N(C)C)C(=O)O. The number of ether oxygens (including phenoxy) is 1. The topological polar surface area (TPSA) is 78.9 Å². The molecule has 1 atom stereocenters. The number of amides is 1. The molecule has 0 aliphatic heterocycles. The number of aliphatic carboxylic acids is 1. The van der Waals surface area contributed by atoms with Gasteiger partial charge in [-0.05, 0) is 6.92 Å². The number of rotatable bonds is 6. The van der Waals surface area contributed by atoms with E-state index in [1.165, 1.54) is 18.9 Å². The molecular formula is C9H18N2O4. The highest BCUT2D eigenvalue weighted by Gasteiger charge is 2.33. The normalized spacial score (nSPS) is 14.4. The molecule has 0 rings (SSSR count). The van der Waals surface area contributed by atoms with E-state index in [1.807, 2.05) is 0 Å². The molecule has 6 nitrogen and oxygen atoms in total. The first-order chi connectivity index (χ1) is 6.83. The van der Waals surface area contributed by atoms with Gasteiger partial charge in [0.2, 0.25) is 5.91 Å². The molecule has 0 saturated heterocycles. The monoisotopic (exact) mass is 218 g/mol. The Kier molecular flexibility index (Phi) is 5.24. The molecule has 0 saturated carbocycles. The summed E-state index contributed by atoms with van der Waals surface area (Å²) >= 11 is 0. The van der Waals surface area contributed by atoms with Gasteiger partial charge < -0.3 is 14.7 Å². The third-order valence-electron chi connectivity index (χ3n) is 2.03. The summed E-state index contributed by atoms with van der Waals surface area (Å²) in [6.45, 7) is 1.45. The van der Waals surface area contributed by atoms with Crippen molar-refractivity contribution in [1.29, 1.82) is 0 Å². The molecular weight excluding hydrogens is 200 g/mol. The molecule has 0 aliphatic rings. The zero-order chi connectivity index (χ0) is 12.1. The van der Waals surface area contributed by atoms with Crippen molar-refractivity contribution in [3.8, 4) is 0 Å². The minimum absolute atomic E-state index is 0.00302. The van der Waals surface area contributed by atoms with E-state index in [4.69, 9.17) is 9.84 Å². The minimum atomic E-state index is -1.24. The Hall–Kier alpha value is -1.14. The van der Waals surface area contributed by atoms with Gasteiger partial charge in [0.15, 0.2) is 0 Å². The number of hydrogen-bond acceptors (Lipinski definition) is 4. The third-order valence-corrected chi connectivity index (χ3v) is 2.03. The van der Waals surface area contributed by atoms with E-state index < -0.39 is 11.5 Å². The van der Waals surface area contributed by atoms with Crippen LogP contribution in [0, 0.1) is 0 Å². The predicted molar refractivity (Wildman–Crippen MR) is 54.6 cm³/mol. The molecule has 88 valence electrons. The fourth-order valence-electron chi connectivity index (χ4n) is 0.906. The third kappa shape index (κ3) is 4.26. The Morgan fingerprint density at radius 2 is 2.00 bits per heavy atom. The van der Waals surface area contributed by atoms with Crippen LogP contribution < -0.4 is 5.32 Å². The van der Waals surface area contributed by atoms with Gasteiger partial charge >= 0.3 is 5.97 Å². The molecule has 6 heteroatoms. The van der Waals surface area contributed by atoms with Gasteiger partial charge in [0.25, 0.3) is 0 Å². The summed E-state index contributed by atoms with van der Waals surface area (Å²) in [7, 11) is 4.63. The lowest BCUT2D eigenvalue weighted by Crippen LogP contribution is -2.55. The summed E-state index contributed by atoms with van der Waals surface area (Å²) in [5, 5.41) is 11.6. The molecule has 15 heavy (non-hydrogen) atoms. The molecule has 0 radical (unpaired) electrons. The van der Waals surface area contributed by atoms with Crippen molar-refractivity contribution in [1.82, 2.24) is 10.2 Å². The zero-order valence-electron chi connectivity index (χ0n) is 9.53. The fraction of sp³-hybridized carbons (Fsp3) is 0.778. The molecule has 0 aromatic rings. The number of carbonyl (C=O) groups is 2. The molecule has 0 aromatic carbocycles. The summed E-state index contributed by atoms with van der Waals surface area (Å²) in [6.07, 6.45) is 0. The second-order valence-electron chi connectivity index (χ2n) is 3.71. The van der Waals surface area contributed by atoms with Crippen LogP contribution in [0.4, 0.5) is 0 Å². The van der Waals surface area contributed by atoms with Crippen LogP contribution in [-0.2, 0) is 14.3 Å². The van der Waals surface area contributed by atoms with Crippen molar-refractivity contribution in [2.24, 2.45) is 0 Å². The van der Waals surface area contributed by atoms with Crippen molar-refractivity contribution in [3.05, 3.63) is 0 Å². The Morgan fingerprint density at radius 1 is 1.47 bits per heavy atom. The van der Waals surface area contributed by atoms with Crippen molar-refractivity contribution in [2.75, 3.05) is 34.4 Å². The number of carboxylic acids is 1. The van der Waals surface area contributed by atoms with E-state index >= 15 is 0 Å². The Balaban J connectivity index is 4.31. The number of carbonyl (C=O) groups excluding carboxylic acids is 1. The smallest absolute Gasteiger partial charge is 0.326 e. The van der Waals surface area contributed by atoms with E-state index in [0.717, 1.165) is 0 Å². The highest BCUT2D eigenvalue weighted by Crippen LogP contribution is 2.04. The minimum Gasteiger partial charge on any atom is -0.480 e. The van der Waals surface area contributed by atoms with Crippen molar-refractivity contribution >= 4 is 11.9 Å². The van der Waals surface area contributed by atoms with Crippen LogP contribution in [-0.4, -0.2) is 61.8 Å². The van der Waals surface area contributed by atoms with Gasteiger partial charge in [-0.25, -0.2) is 0 Å². The molecule has 2 N–H and O–H groups in total. The molecule has 1 amide bonds. The average Bonchev–Trinajstić information content (AvgIpc) is 2.14.